The Morgan fingerprint density at radius 2 is 1.82 bits per heavy atom. The normalized spacial score (nSPS) is 18.4. The van der Waals surface area contributed by atoms with Gasteiger partial charge in [0.1, 0.15) is 12.1 Å². The molecule has 0 radical (unpaired) electrons. The Kier molecular flexibility index (Phi) is 11.3. The van der Waals surface area contributed by atoms with Crippen molar-refractivity contribution in [3.05, 3.63) is 0 Å². The van der Waals surface area contributed by atoms with Gasteiger partial charge in [0.2, 0.25) is 17.7 Å². The van der Waals surface area contributed by atoms with Crippen molar-refractivity contribution < 1.29 is 24.3 Å². The number of carboxylic acids is 1. The van der Waals surface area contributed by atoms with Crippen LogP contribution in [0.3, 0.4) is 0 Å². The van der Waals surface area contributed by atoms with Crippen LogP contribution in [0.25, 0.3) is 0 Å². The molecule has 1 heterocycles. The first-order valence-corrected chi connectivity index (χ1v) is 11.9. The third kappa shape index (κ3) is 7.88. The maximum absolute atomic E-state index is 12.8. The highest BCUT2D eigenvalue weighted by atomic mass is 32.2. The van der Waals surface area contributed by atoms with Crippen LogP contribution in [0.4, 0.5) is 0 Å². The molecule has 0 aliphatic carbocycles. The van der Waals surface area contributed by atoms with Gasteiger partial charge >= 0.3 is 5.97 Å². The van der Waals surface area contributed by atoms with Gasteiger partial charge in [0.05, 0.1) is 12.6 Å². The fraction of sp³-hybridized carbons (Fsp3) is 0.765. The Labute approximate surface area is 173 Å². The number of amides is 3. The highest BCUT2D eigenvalue weighted by Crippen LogP contribution is 2.19. The average Bonchev–Trinajstić information content (AvgIpc) is 3.16. The summed E-state index contributed by atoms with van der Waals surface area (Å²) >= 11 is 3.11. The summed E-state index contributed by atoms with van der Waals surface area (Å²) in [4.78, 5) is 49.6. The number of aliphatic carboxylic acids is 1. The zero-order valence-corrected chi connectivity index (χ0v) is 17.9. The zero-order valence-electron chi connectivity index (χ0n) is 16.3. The first-order valence-electron chi connectivity index (χ1n) is 9.15. The minimum absolute atomic E-state index is 0.281. The van der Waals surface area contributed by atoms with E-state index in [1.165, 1.54) is 16.7 Å². The molecule has 0 bridgehead atoms. The van der Waals surface area contributed by atoms with Crippen LogP contribution in [-0.4, -0.2) is 88.9 Å². The van der Waals surface area contributed by atoms with Crippen LogP contribution in [0.2, 0.25) is 0 Å². The summed E-state index contributed by atoms with van der Waals surface area (Å²) in [5.41, 5.74) is 5.75. The topological polar surface area (TPSA) is 142 Å². The van der Waals surface area contributed by atoms with Crippen molar-refractivity contribution in [1.29, 1.82) is 0 Å². The molecule has 0 aromatic carbocycles. The van der Waals surface area contributed by atoms with Crippen LogP contribution in [-0.2, 0) is 19.2 Å². The summed E-state index contributed by atoms with van der Waals surface area (Å²) < 4.78 is 0. The fourth-order valence-electron chi connectivity index (χ4n) is 2.90. The Hall–Kier alpha value is -1.46. The lowest BCUT2D eigenvalue weighted by atomic mass is 10.1. The standard InChI is InChI=1S/C17H30N4O5S2/c1-27-8-5-11(18)15(23)19-10-14(22)20-12(6-9-28-2)16(24)21-7-3-4-13(21)17(25)26/h11-13H,3-10,18H2,1-2H3,(H,19,23)(H,20,22)(H,25,26). The van der Waals surface area contributed by atoms with Gasteiger partial charge in [0, 0.05) is 6.54 Å². The molecule has 3 atom stereocenters. The average molecular weight is 435 g/mol. The van der Waals surface area contributed by atoms with Gasteiger partial charge < -0.3 is 26.4 Å². The Morgan fingerprint density at radius 3 is 2.43 bits per heavy atom. The number of hydrogen-bond donors (Lipinski definition) is 4. The van der Waals surface area contributed by atoms with Gasteiger partial charge in [0.25, 0.3) is 0 Å². The summed E-state index contributed by atoms with van der Waals surface area (Å²) in [5.74, 6) is -0.971. The van der Waals surface area contributed by atoms with E-state index < -0.39 is 41.8 Å². The number of carbonyl (C=O) groups is 4. The summed E-state index contributed by atoms with van der Waals surface area (Å²) in [6.45, 7) is 0.0830. The van der Waals surface area contributed by atoms with E-state index in [-0.39, 0.29) is 6.54 Å². The van der Waals surface area contributed by atoms with E-state index in [2.05, 4.69) is 10.6 Å². The van der Waals surface area contributed by atoms with Crippen LogP contribution in [0.5, 0.6) is 0 Å². The molecule has 1 saturated heterocycles. The third-order valence-electron chi connectivity index (χ3n) is 4.46. The molecule has 0 aromatic heterocycles. The van der Waals surface area contributed by atoms with Gasteiger partial charge in [-0.1, -0.05) is 0 Å². The largest absolute Gasteiger partial charge is 0.480 e. The number of carbonyl (C=O) groups excluding carboxylic acids is 3. The Balaban J connectivity index is 2.62. The lowest BCUT2D eigenvalue weighted by Crippen LogP contribution is -2.54. The summed E-state index contributed by atoms with van der Waals surface area (Å²) in [6, 6.07) is -2.35. The van der Waals surface area contributed by atoms with Crippen LogP contribution in [0, 0.1) is 0 Å². The highest BCUT2D eigenvalue weighted by Gasteiger charge is 2.37. The molecule has 5 N–H and O–H groups in total. The minimum Gasteiger partial charge on any atom is -0.480 e. The number of nitrogens with two attached hydrogens (primary N) is 1. The van der Waals surface area contributed by atoms with E-state index in [1.54, 1.807) is 11.8 Å². The van der Waals surface area contributed by atoms with Crippen molar-refractivity contribution in [1.82, 2.24) is 15.5 Å². The maximum Gasteiger partial charge on any atom is 0.326 e. The fourth-order valence-corrected chi connectivity index (χ4v) is 3.86. The zero-order chi connectivity index (χ0) is 21.1. The number of nitrogens with one attached hydrogen (secondary N) is 2. The lowest BCUT2D eigenvalue weighted by molar-refractivity contribution is -0.149. The van der Waals surface area contributed by atoms with E-state index in [0.717, 1.165) is 5.75 Å². The van der Waals surface area contributed by atoms with Gasteiger partial charge in [-0.05, 0) is 49.7 Å². The molecular weight excluding hydrogens is 404 g/mol. The number of thioether (sulfide) groups is 2. The first-order chi connectivity index (χ1) is 13.3. The van der Waals surface area contributed by atoms with Crippen LogP contribution in [0.15, 0.2) is 0 Å². The molecule has 3 amide bonds. The van der Waals surface area contributed by atoms with Gasteiger partial charge in [-0.25, -0.2) is 4.79 Å². The lowest BCUT2D eigenvalue weighted by Gasteiger charge is -2.27. The van der Waals surface area contributed by atoms with Crippen LogP contribution in [0.1, 0.15) is 25.7 Å². The molecule has 0 spiro atoms. The molecule has 0 aromatic rings. The van der Waals surface area contributed by atoms with Crippen LogP contribution < -0.4 is 16.4 Å². The number of carboxylic acid groups (broad SMARTS) is 1. The molecule has 3 unspecified atom stereocenters. The summed E-state index contributed by atoms with van der Waals surface area (Å²) in [5, 5.41) is 14.4. The Morgan fingerprint density at radius 1 is 1.18 bits per heavy atom. The van der Waals surface area contributed by atoms with Crippen molar-refractivity contribution in [3.8, 4) is 0 Å². The minimum atomic E-state index is -1.03. The van der Waals surface area contributed by atoms with Crippen molar-refractivity contribution in [2.45, 2.75) is 43.8 Å². The number of hydrogen-bond acceptors (Lipinski definition) is 7. The SMILES string of the molecule is CSCCC(N)C(=O)NCC(=O)NC(CCSC)C(=O)N1CCCC1C(=O)O. The van der Waals surface area contributed by atoms with Gasteiger partial charge in [0.15, 0.2) is 0 Å². The highest BCUT2D eigenvalue weighted by molar-refractivity contribution is 7.98. The molecule has 28 heavy (non-hydrogen) atoms. The Bertz CT molecular complexity index is 564. The molecule has 1 fully saturated rings. The van der Waals surface area contributed by atoms with E-state index in [1.807, 2.05) is 12.5 Å². The van der Waals surface area contributed by atoms with Gasteiger partial charge in [-0.2, -0.15) is 23.5 Å². The van der Waals surface area contributed by atoms with E-state index >= 15 is 0 Å². The number of nitrogens with zero attached hydrogens (tertiary/aromatic N) is 1. The summed E-state index contributed by atoms with van der Waals surface area (Å²) in [7, 11) is 0. The molecule has 1 aliphatic rings. The monoisotopic (exact) mass is 434 g/mol. The molecule has 9 nitrogen and oxygen atoms in total. The molecule has 11 heteroatoms. The quantitative estimate of drug-likeness (QED) is 0.322. The van der Waals surface area contributed by atoms with Gasteiger partial charge in [-0.15, -0.1) is 0 Å². The molecule has 160 valence electrons. The third-order valence-corrected chi connectivity index (χ3v) is 5.75. The second-order valence-corrected chi connectivity index (χ2v) is 8.51. The van der Waals surface area contributed by atoms with Crippen molar-refractivity contribution in [3.63, 3.8) is 0 Å². The molecule has 1 aliphatic heterocycles. The van der Waals surface area contributed by atoms with E-state index in [9.17, 15) is 24.3 Å². The summed E-state index contributed by atoms with van der Waals surface area (Å²) in [6.07, 6.45) is 5.73. The van der Waals surface area contributed by atoms with E-state index in [0.29, 0.717) is 38.0 Å². The van der Waals surface area contributed by atoms with Crippen molar-refractivity contribution >= 4 is 47.2 Å². The second-order valence-electron chi connectivity index (χ2n) is 6.54. The van der Waals surface area contributed by atoms with Crippen LogP contribution >= 0.6 is 23.5 Å². The predicted octanol–water partition coefficient (Wildman–Crippen LogP) is -0.503. The molecule has 0 saturated carbocycles. The molecular formula is C17H30N4O5S2. The number of rotatable bonds is 12. The maximum atomic E-state index is 12.8. The smallest absolute Gasteiger partial charge is 0.326 e. The predicted molar refractivity (Wildman–Crippen MR) is 111 cm³/mol. The van der Waals surface area contributed by atoms with Crippen molar-refractivity contribution in [2.75, 3.05) is 37.1 Å². The first kappa shape index (κ1) is 24.6. The molecule has 1 rings (SSSR count). The van der Waals surface area contributed by atoms with Crippen molar-refractivity contribution in [2.24, 2.45) is 5.73 Å². The van der Waals surface area contributed by atoms with E-state index in [4.69, 9.17) is 5.73 Å². The number of likely N-dealkylation sites (tertiary alicyclic amines) is 1. The van der Waals surface area contributed by atoms with Gasteiger partial charge in [-0.3, -0.25) is 14.4 Å². The second kappa shape index (κ2) is 12.9.